The molecule has 5 heteroatoms. The van der Waals surface area contributed by atoms with Crippen LogP contribution in [0.5, 0.6) is 0 Å². The van der Waals surface area contributed by atoms with E-state index in [2.05, 4.69) is 26.2 Å². The second kappa shape index (κ2) is 5.69. The molecule has 2 rings (SSSR count). The smallest absolute Gasteiger partial charge is 0.149 e. The van der Waals surface area contributed by atoms with E-state index in [1.807, 2.05) is 6.07 Å². The van der Waals surface area contributed by atoms with Crippen LogP contribution in [0.3, 0.4) is 0 Å². The molecule has 0 aliphatic heterocycles. The summed E-state index contributed by atoms with van der Waals surface area (Å²) < 4.78 is 0.863. The molecule has 1 saturated carbocycles. The number of rotatable bonds is 2. The molecule has 0 saturated heterocycles. The van der Waals surface area contributed by atoms with Crippen LogP contribution in [-0.2, 0) is 0 Å². The van der Waals surface area contributed by atoms with Gasteiger partial charge in [-0.3, -0.25) is 0 Å². The van der Waals surface area contributed by atoms with Crippen LogP contribution in [0.2, 0.25) is 0 Å². The van der Waals surface area contributed by atoms with Gasteiger partial charge in [-0.15, -0.1) is 0 Å². The lowest BCUT2D eigenvalue weighted by Crippen LogP contribution is -2.33. The van der Waals surface area contributed by atoms with Gasteiger partial charge in [-0.25, -0.2) is 4.98 Å². The highest BCUT2D eigenvalue weighted by atomic mass is 79.9. The van der Waals surface area contributed by atoms with E-state index in [9.17, 15) is 5.11 Å². The molecule has 1 fully saturated rings. The average Bonchev–Trinajstić information content (AvgIpc) is 2.48. The number of aliphatic hydroxyl groups is 1. The Morgan fingerprint density at radius 3 is 2.88 bits per heavy atom. The van der Waals surface area contributed by atoms with Crippen molar-refractivity contribution >= 4 is 27.4 Å². The van der Waals surface area contributed by atoms with Crippen LogP contribution in [0.25, 0.3) is 0 Å². The monoisotopic (exact) mass is 299 g/mol. The zero-order valence-corrected chi connectivity index (χ0v) is 11.3. The number of halogens is 1. The second-order valence-corrected chi connectivity index (χ2v) is 5.46. The molecule has 17 heavy (non-hydrogen) atoms. The van der Waals surface area contributed by atoms with Gasteiger partial charge in [-0.1, -0.05) is 19.3 Å². The number of anilines is 2. The summed E-state index contributed by atoms with van der Waals surface area (Å²) in [5, 5.41) is 13.3. The first-order chi connectivity index (χ1) is 8.16. The van der Waals surface area contributed by atoms with Crippen LogP contribution < -0.4 is 11.1 Å². The minimum Gasteiger partial charge on any atom is -0.396 e. The third kappa shape index (κ3) is 3.33. The van der Waals surface area contributed by atoms with Gasteiger partial charge in [-0.05, 0) is 34.8 Å². The van der Waals surface area contributed by atoms with Crippen molar-refractivity contribution in [3.63, 3.8) is 0 Å². The summed E-state index contributed by atoms with van der Waals surface area (Å²) in [5.74, 6) is 0.666. The maximum atomic E-state index is 10.0. The molecule has 1 aliphatic rings. The molecule has 0 bridgehead atoms. The molecule has 1 aromatic rings. The Balaban J connectivity index is 2.08. The van der Waals surface area contributed by atoms with Gasteiger partial charge < -0.3 is 16.2 Å². The van der Waals surface area contributed by atoms with Crippen molar-refractivity contribution in [3.05, 3.63) is 16.7 Å². The van der Waals surface area contributed by atoms with Crippen molar-refractivity contribution < 1.29 is 5.11 Å². The lowest BCUT2D eigenvalue weighted by molar-refractivity contribution is 0.144. The normalized spacial score (nSPS) is 25.3. The molecule has 0 spiro atoms. The van der Waals surface area contributed by atoms with E-state index in [1.165, 1.54) is 6.42 Å². The predicted octanol–water partition coefficient (Wildman–Crippen LogP) is 2.53. The van der Waals surface area contributed by atoms with Crippen LogP contribution in [0.1, 0.15) is 32.1 Å². The fourth-order valence-corrected chi connectivity index (χ4v) is 2.56. The molecule has 4 N–H and O–H groups in total. The summed E-state index contributed by atoms with van der Waals surface area (Å²) in [6.45, 7) is 0. The molecule has 0 amide bonds. The van der Waals surface area contributed by atoms with Crippen LogP contribution >= 0.6 is 15.9 Å². The lowest BCUT2D eigenvalue weighted by Gasteiger charge is -2.23. The highest BCUT2D eigenvalue weighted by Gasteiger charge is 2.22. The molecule has 1 aromatic heterocycles. The van der Waals surface area contributed by atoms with E-state index in [-0.39, 0.29) is 12.1 Å². The average molecular weight is 300 g/mol. The van der Waals surface area contributed by atoms with Crippen LogP contribution in [0, 0.1) is 0 Å². The fraction of sp³-hybridized carbons (Fsp3) is 0.583. The summed E-state index contributed by atoms with van der Waals surface area (Å²) >= 11 is 3.33. The first-order valence-corrected chi connectivity index (χ1v) is 6.82. The van der Waals surface area contributed by atoms with Gasteiger partial charge in [0.05, 0.1) is 17.8 Å². The molecule has 0 radical (unpaired) electrons. The van der Waals surface area contributed by atoms with Gasteiger partial charge in [0.15, 0.2) is 0 Å². The second-order valence-electron chi connectivity index (χ2n) is 4.55. The number of nitrogens with zero attached hydrogens (tertiary/aromatic N) is 1. The largest absolute Gasteiger partial charge is 0.396 e. The van der Waals surface area contributed by atoms with E-state index in [1.54, 1.807) is 6.20 Å². The summed E-state index contributed by atoms with van der Waals surface area (Å²) in [4.78, 5) is 4.24. The highest BCUT2D eigenvalue weighted by molar-refractivity contribution is 9.10. The first kappa shape index (κ1) is 12.6. The maximum Gasteiger partial charge on any atom is 0.149 e. The Morgan fingerprint density at radius 2 is 2.12 bits per heavy atom. The zero-order valence-electron chi connectivity index (χ0n) is 9.69. The third-order valence-corrected chi connectivity index (χ3v) is 3.62. The van der Waals surface area contributed by atoms with Gasteiger partial charge in [-0.2, -0.15) is 0 Å². The van der Waals surface area contributed by atoms with E-state index in [4.69, 9.17) is 5.73 Å². The summed E-state index contributed by atoms with van der Waals surface area (Å²) in [6.07, 6.45) is 6.67. The van der Waals surface area contributed by atoms with Crippen molar-refractivity contribution in [2.75, 3.05) is 11.1 Å². The number of nitrogens with two attached hydrogens (primary N) is 1. The Kier molecular flexibility index (Phi) is 4.23. The number of hydrogen-bond donors (Lipinski definition) is 3. The third-order valence-electron chi connectivity index (χ3n) is 3.19. The van der Waals surface area contributed by atoms with Crippen LogP contribution in [-0.4, -0.2) is 22.2 Å². The van der Waals surface area contributed by atoms with Crippen molar-refractivity contribution in [3.8, 4) is 0 Å². The molecule has 94 valence electrons. The number of pyridine rings is 1. The number of nitrogens with one attached hydrogen (secondary N) is 1. The number of aliphatic hydroxyl groups excluding tert-OH is 1. The van der Waals surface area contributed by atoms with Gasteiger partial charge in [0.25, 0.3) is 0 Å². The van der Waals surface area contributed by atoms with Crippen molar-refractivity contribution in [2.45, 2.75) is 44.2 Å². The van der Waals surface area contributed by atoms with Crippen molar-refractivity contribution in [1.82, 2.24) is 4.98 Å². The SMILES string of the molecule is Nc1cc(Br)cnc1NC1CCCCCC1O. The summed E-state index contributed by atoms with van der Waals surface area (Å²) in [7, 11) is 0. The van der Waals surface area contributed by atoms with Crippen molar-refractivity contribution in [2.24, 2.45) is 0 Å². The standard InChI is InChI=1S/C12H18BrN3O/c13-8-6-9(14)12(15-7-8)16-10-4-2-1-3-5-11(10)17/h6-7,10-11,17H,1-5,14H2,(H,15,16). The number of hydrogen-bond acceptors (Lipinski definition) is 4. The van der Waals surface area contributed by atoms with E-state index in [0.29, 0.717) is 11.5 Å². The number of nitrogen functional groups attached to an aromatic ring is 1. The van der Waals surface area contributed by atoms with Gasteiger partial charge >= 0.3 is 0 Å². The molecule has 0 aromatic carbocycles. The maximum absolute atomic E-state index is 10.0. The van der Waals surface area contributed by atoms with Crippen LogP contribution in [0.15, 0.2) is 16.7 Å². The van der Waals surface area contributed by atoms with Crippen LogP contribution in [0.4, 0.5) is 11.5 Å². The van der Waals surface area contributed by atoms with E-state index in [0.717, 1.165) is 30.2 Å². The quantitative estimate of drug-likeness (QED) is 0.734. The van der Waals surface area contributed by atoms with E-state index < -0.39 is 0 Å². The highest BCUT2D eigenvalue weighted by Crippen LogP contribution is 2.25. The van der Waals surface area contributed by atoms with Crippen molar-refractivity contribution in [1.29, 1.82) is 0 Å². The lowest BCUT2D eigenvalue weighted by atomic mass is 10.1. The van der Waals surface area contributed by atoms with E-state index >= 15 is 0 Å². The molecule has 2 atom stereocenters. The molecule has 2 unspecified atom stereocenters. The zero-order chi connectivity index (χ0) is 12.3. The van der Waals surface area contributed by atoms with Gasteiger partial charge in [0.2, 0.25) is 0 Å². The minimum atomic E-state index is -0.303. The van der Waals surface area contributed by atoms with Gasteiger partial charge in [0, 0.05) is 10.7 Å². The Morgan fingerprint density at radius 1 is 1.35 bits per heavy atom. The molecule has 1 aliphatic carbocycles. The first-order valence-electron chi connectivity index (χ1n) is 6.02. The molecular formula is C12H18BrN3O. The minimum absolute atomic E-state index is 0.0634. The number of aromatic nitrogens is 1. The molecule has 4 nitrogen and oxygen atoms in total. The molecule has 1 heterocycles. The van der Waals surface area contributed by atoms with Gasteiger partial charge in [0.1, 0.15) is 5.82 Å². The Labute approximate surface area is 110 Å². The Hall–Kier alpha value is -0.810. The topological polar surface area (TPSA) is 71.2 Å². The Bertz CT molecular complexity index is 386. The predicted molar refractivity (Wildman–Crippen MR) is 72.9 cm³/mol. The summed E-state index contributed by atoms with van der Waals surface area (Å²) in [5.41, 5.74) is 6.49. The summed E-state index contributed by atoms with van der Waals surface area (Å²) in [6, 6.07) is 1.88. The fourth-order valence-electron chi connectivity index (χ4n) is 2.21. The molecular weight excluding hydrogens is 282 g/mol.